The van der Waals surface area contributed by atoms with Crippen molar-refractivity contribution in [2.24, 2.45) is 11.7 Å². The monoisotopic (exact) mass is 278 g/mol. The molecule has 2 rings (SSSR count). The van der Waals surface area contributed by atoms with Gasteiger partial charge in [0, 0.05) is 25.3 Å². The molecular weight excluding hydrogens is 248 g/mol. The van der Waals surface area contributed by atoms with Crippen LogP contribution in [0, 0.1) is 5.92 Å². The highest BCUT2D eigenvalue weighted by Crippen LogP contribution is 2.31. The molecule has 1 saturated carbocycles. The third-order valence-corrected chi connectivity index (χ3v) is 4.83. The molecule has 4 nitrogen and oxygen atoms in total. The van der Waals surface area contributed by atoms with E-state index in [1.54, 1.807) is 0 Å². The lowest BCUT2D eigenvalue weighted by Crippen LogP contribution is -2.41. The van der Waals surface area contributed by atoms with Gasteiger partial charge in [-0.25, -0.2) is 4.98 Å². The molecule has 2 N–H and O–H groups in total. The number of aromatic nitrogens is 2. The minimum atomic E-state index is 0.294. The van der Waals surface area contributed by atoms with Crippen LogP contribution in [-0.2, 0) is 6.54 Å². The summed E-state index contributed by atoms with van der Waals surface area (Å²) in [6.07, 6.45) is 10.4. The fourth-order valence-electron chi connectivity index (χ4n) is 3.44. The summed E-state index contributed by atoms with van der Waals surface area (Å²) in [6.45, 7) is 6.26. The van der Waals surface area contributed by atoms with Crippen LogP contribution < -0.4 is 5.73 Å². The summed E-state index contributed by atoms with van der Waals surface area (Å²) in [5.41, 5.74) is 7.35. The van der Waals surface area contributed by atoms with E-state index in [1.807, 2.05) is 12.5 Å². The Labute approximate surface area is 123 Å². The Kier molecular flexibility index (Phi) is 5.61. The number of hydrogen-bond donors (Lipinski definition) is 1. The lowest BCUT2D eigenvalue weighted by atomic mass is 9.86. The van der Waals surface area contributed by atoms with Gasteiger partial charge >= 0.3 is 0 Å². The van der Waals surface area contributed by atoms with Crippen LogP contribution in [0.5, 0.6) is 0 Å². The van der Waals surface area contributed by atoms with Gasteiger partial charge in [-0.3, -0.25) is 4.90 Å². The van der Waals surface area contributed by atoms with Crippen molar-refractivity contribution in [2.75, 3.05) is 13.6 Å². The maximum Gasteiger partial charge on any atom is 0.0948 e. The Balaban J connectivity index is 2.08. The maximum atomic E-state index is 6.08. The fourth-order valence-corrected chi connectivity index (χ4v) is 3.44. The number of rotatable bonds is 6. The van der Waals surface area contributed by atoms with Crippen LogP contribution in [0.3, 0.4) is 0 Å². The highest BCUT2D eigenvalue weighted by molar-refractivity contribution is 5.07. The predicted octanol–water partition coefficient (Wildman–Crippen LogP) is 2.80. The van der Waals surface area contributed by atoms with E-state index in [9.17, 15) is 0 Å². The van der Waals surface area contributed by atoms with Crippen LogP contribution in [-0.4, -0.2) is 34.1 Å². The van der Waals surface area contributed by atoms with Gasteiger partial charge in [-0.05, 0) is 45.1 Å². The molecule has 0 amide bonds. The van der Waals surface area contributed by atoms with E-state index in [0.717, 1.165) is 18.9 Å². The molecule has 20 heavy (non-hydrogen) atoms. The third-order valence-electron chi connectivity index (χ3n) is 4.83. The minimum absolute atomic E-state index is 0.294. The Hall–Kier alpha value is -0.870. The molecule has 1 aromatic heterocycles. The molecule has 0 radical (unpaired) electrons. The first-order valence-corrected chi connectivity index (χ1v) is 8.09. The Morgan fingerprint density at radius 3 is 2.70 bits per heavy atom. The van der Waals surface area contributed by atoms with Crippen LogP contribution >= 0.6 is 0 Å². The summed E-state index contributed by atoms with van der Waals surface area (Å²) in [6, 6.07) is 0.965. The van der Waals surface area contributed by atoms with Gasteiger partial charge in [-0.1, -0.05) is 13.8 Å². The first kappa shape index (κ1) is 15.5. The highest BCUT2D eigenvalue weighted by atomic mass is 15.2. The lowest BCUT2D eigenvalue weighted by molar-refractivity contribution is 0.122. The van der Waals surface area contributed by atoms with Crippen molar-refractivity contribution in [1.29, 1.82) is 0 Å². The average molecular weight is 278 g/mol. The van der Waals surface area contributed by atoms with E-state index in [1.165, 1.54) is 31.4 Å². The SMILES string of the molecule is CCCn1cncc1C(CN)N(C)C1CCC(C)CC1. The van der Waals surface area contributed by atoms with Crippen molar-refractivity contribution < 1.29 is 0 Å². The first-order chi connectivity index (χ1) is 9.67. The number of imidazole rings is 1. The molecule has 0 aliphatic heterocycles. The van der Waals surface area contributed by atoms with Crippen molar-refractivity contribution in [3.05, 3.63) is 18.2 Å². The number of nitrogens with two attached hydrogens (primary N) is 1. The second-order valence-corrected chi connectivity index (χ2v) is 6.34. The number of aryl methyl sites for hydroxylation is 1. The summed E-state index contributed by atoms with van der Waals surface area (Å²) in [5, 5.41) is 0. The molecule has 1 aliphatic carbocycles. The van der Waals surface area contributed by atoms with Gasteiger partial charge in [0.05, 0.1) is 18.1 Å². The second-order valence-electron chi connectivity index (χ2n) is 6.34. The Bertz CT molecular complexity index is 393. The quantitative estimate of drug-likeness (QED) is 0.870. The zero-order valence-electron chi connectivity index (χ0n) is 13.3. The first-order valence-electron chi connectivity index (χ1n) is 8.09. The van der Waals surface area contributed by atoms with E-state index in [2.05, 4.69) is 35.3 Å². The summed E-state index contributed by atoms with van der Waals surface area (Å²) in [4.78, 5) is 6.83. The van der Waals surface area contributed by atoms with Gasteiger partial charge in [0.2, 0.25) is 0 Å². The second kappa shape index (κ2) is 7.23. The van der Waals surface area contributed by atoms with Crippen molar-refractivity contribution in [2.45, 2.75) is 64.6 Å². The van der Waals surface area contributed by atoms with Crippen LogP contribution in [0.4, 0.5) is 0 Å². The highest BCUT2D eigenvalue weighted by Gasteiger charge is 2.28. The lowest BCUT2D eigenvalue weighted by Gasteiger charge is -2.38. The standard InChI is InChI=1S/C16H30N4/c1-4-9-20-12-18-11-16(20)15(10-17)19(3)14-7-5-13(2)6-8-14/h11-15H,4-10,17H2,1-3H3. The van der Waals surface area contributed by atoms with Gasteiger partial charge in [0.15, 0.2) is 0 Å². The van der Waals surface area contributed by atoms with E-state index >= 15 is 0 Å². The molecule has 1 fully saturated rings. The summed E-state index contributed by atoms with van der Waals surface area (Å²) in [5.74, 6) is 0.890. The number of likely N-dealkylation sites (N-methyl/N-ethyl adjacent to an activating group) is 1. The van der Waals surface area contributed by atoms with Crippen molar-refractivity contribution in [3.63, 3.8) is 0 Å². The molecule has 1 unspecified atom stereocenters. The van der Waals surface area contributed by atoms with Gasteiger partial charge < -0.3 is 10.3 Å². The van der Waals surface area contributed by atoms with E-state index in [4.69, 9.17) is 5.73 Å². The van der Waals surface area contributed by atoms with Crippen LogP contribution in [0.25, 0.3) is 0 Å². The molecule has 114 valence electrons. The molecule has 1 atom stereocenters. The zero-order chi connectivity index (χ0) is 14.5. The Morgan fingerprint density at radius 2 is 2.10 bits per heavy atom. The molecule has 1 aromatic rings. The average Bonchev–Trinajstić information content (AvgIpc) is 2.89. The fraction of sp³-hybridized carbons (Fsp3) is 0.812. The van der Waals surface area contributed by atoms with Crippen LogP contribution in [0.2, 0.25) is 0 Å². The largest absolute Gasteiger partial charge is 0.333 e. The summed E-state index contributed by atoms with van der Waals surface area (Å²) < 4.78 is 2.26. The van der Waals surface area contributed by atoms with Gasteiger partial charge in [-0.15, -0.1) is 0 Å². The van der Waals surface area contributed by atoms with E-state index < -0.39 is 0 Å². The molecule has 4 heteroatoms. The van der Waals surface area contributed by atoms with E-state index in [0.29, 0.717) is 18.6 Å². The summed E-state index contributed by atoms with van der Waals surface area (Å²) in [7, 11) is 2.24. The van der Waals surface area contributed by atoms with Crippen molar-refractivity contribution in [3.8, 4) is 0 Å². The summed E-state index contributed by atoms with van der Waals surface area (Å²) >= 11 is 0. The smallest absolute Gasteiger partial charge is 0.0948 e. The molecular formula is C16H30N4. The number of hydrogen-bond acceptors (Lipinski definition) is 3. The van der Waals surface area contributed by atoms with Gasteiger partial charge in [0.25, 0.3) is 0 Å². The zero-order valence-corrected chi connectivity index (χ0v) is 13.3. The third kappa shape index (κ3) is 3.41. The molecule has 0 bridgehead atoms. The molecule has 1 heterocycles. The van der Waals surface area contributed by atoms with Gasteiger partial charge in [0.1, 0.15) is 0 Å². The molecule has 0 spiro atoms. The van der Waals surface area contributed by atoms with Crippen molar-refractivity contribution >= 4 is 0 Å². The van der Waals surface area contributed by atoms with Crippen molar-refractivity contribution in [1.82, 2.24) is 14.5 Å². The van der Waals surface area contributed by atoms with E-state index in [-0.39, 0.29) is 0 Å². The van der Waals surface area contributed by atoms with Crippen LogP contribution in [0.1, 0.15) is 57.7 Å². The molecule has 1 aliphatic rings. The van der Waals surface area contributed by atoms with Crippen LogP contribution in [0.15, 0.2) is 12.5 Å². The topological polar surface area (TPSA) is 47.1 Å². The Morgan fingerprint density at radius 1 is 1.40 bits per heavy atom. The number of nitrogens with zero attached hydrogens (tertiary/aromatic N) is 3. The predicted molar refractivity (Wildman–Crippen MR) is 83.5 cm³/mol. The normalized spacial score (nSPS) is 25.1. The minimum Gasteiger partial charge on any atom is -0.333 e. The molecule has 0 aromatic carbocycles. The maximum absolute atomic E-state index is 6.08. The van der Waals surface area contributed by atoms with Gasteiger partial charge in [-0.2, -0.15) is 0 Å². The molecule has 0 saturated heterocycles.